The number of hydrogen-bond donors (Lipinski definition) is 1. The lowest BCUT2D eigenvalue weighted by molar-refractivity contribution is 0.564. The molecule has 20 heavy (non-hydrogen) atoms. The fourth-order valence-electron chi connectivity index (χ4n) is 2.74. The topological polar surface area (TPSA) is 60.0 Å². The SMILES string of the molecule is CN1CCCc2cc(-c3cn(CCCN)nn3)ccc21. The Balaban J connectivity index is 1.85. The summed E-state index contributed by atoms with van der Waals surface area (Å²) < 4.78 is 1.87. The van der Waals surface area contributed by atoms with Gasteiger partial charge in [0.25, 0.3) is 0 Å². The Kier molecular flexibility index (Phi) is 3.69. The van der Waals surface area contributed by atoms with Crippen LogP contribution in [-0.4, -0.2) is 35.1 Å². The number of anilines is 1. The van der Waals surface area contributed by atoms with Crippen LogP contribution in [0.2, 0.25) is 0 Å². The van der Waals surface area contributed by atoms with E-state index in [0.717, 1.165) is 37.2 Å². The van der Waals surface area contributed by atoms with Gasteiger partial charge >= 0.3 is 0 Å². The summed E-state index contributed by atoms with van der Waals surface area (Å²) in [5, 5.41) is 8.42. The summed E-state index contributed by atoms with van der Waals surface area (Å²) in [7, 11) is 2.15. The van der Waals surface area contributed by atoms with Gasteiger partial charge in [-0.1, -0.05) is 11.3 Å². The van der Waals surface area contributed by atoms with Gasteiger partial charge in [-0.2, -0.15) is 0 Å². The van der Waals surface area contributed by atoms with E-state index in [1.54, 1.807) is 0 Å². The van der Waals surface area contributed by atoms with E-state index in [2.05, 4.69) is 40.5 Å². The molecule has 0 bridgehead atoms. The average Bonchev–Trinajstić information content (AvgIpc) is 2.94. The fraction of sp³-hybridized carbons (Fsp3) is 0.467. The van der Waals surface area contributed by atoms with E-state index in [1.165, 1.54) is 17.7 Å². The molecule has 0 amide bonds. The molecule has 5 nitrogen and oxygen atoms in total. The van der Waals surface area contributed by atoms with Crippen molar-refractivity contribution in [1.82, 2.24) is 15.0 Å². The maximum absolute atomic E-state index is 5.52. The first-order chi connectivity index (χ1) is 9.78. The molecule has 1 aliphatic rings. The van der Waals surface area contributed by atoms with Gasteiger partial charge in [0.2, 0.25) is 0 Å². The summed E-state index contributed by atoms with van der Waals surface area (Å²) >= 11 is 0. The van der Waals surface area contributed by atoms with Crippen molar-refractivity contribution in [3.05, 3.63) is 30.0 Å². The van der Waals surface area contributed by atoms with E-state index in [0.29, 0.717) is 6.54 Å². The smallest absolute Gasteiger partial charge is 0.113 e. The summed E-state index contributed by atoms with van der Waals surface area (Å²) in [5.74, 6) is 0. The number of hydrogen-bond acceptors (Lipinski definition) is 4. The second-order valence-corrected chi connectivity index (χ2v) is 5.38. The molecule has 5 heteroatoms. The van der Waals surface area contributed by atoms with E-state index in [-0.39, 0.29) is 0 Å². The molecule has 106 valence electrons. The summed E-state index contributed by atoms with van der Waals surface area (Å²) in [6, 6.07) is 6.59. The molecule has 1 aliphatic heterocycles. The van der Waals surface area contributed by atoms with Crippen molar-refractivity contribution in [2.75, 3.05) is 25.0 Å². The minimum absolute atomic E-state index is 0.681. The zero-order valence-electron chi connectivity index (χ0n) is 11.9. The molecule has 0 saturated carbocycles. The van der Waals surface area contributed by atoms with Gasteiger partial charge in [0.15, 0.2) is 0 Å². The molecule has 1 aromatic carbocycles. The summed E-state index contributed by atoms with van der Waals surface area (Å²) in [5.41, 5.74) is 10.4. The van der Waals surface area contributed by atoms with Crippen molar-refractivity contribution in [2.45, 2.75) is 25.8 Å². The third-order valence-corrected chi connectivity index (χ3v) is 3.86. The molecule has 0 aliphatic carbocycles. The Morgan fingerprint density at radius 3 is 3.10 bits per heavy atom. The Hall–Kier alpha value is -1.88. The molecular weight excluding hydrogens is 250 g/mol. The minimum Gasteiger partial charge on any atom is -0.374 e. The summed E-state index contributed by atoms with van der Waals surface area (Å²) in [4.78, 5) is 2.32. The molecule has 0 unspecified atom stereocenters. The Morgan fingerprint density at radius 2 is 2.25 bits per heavy atom. The van der Waals surface area contributed by atoms with E-state index in [4.69, 9.17) is 5.73 Å². The molecule has 2 N–H and O–H groups in total. The van der Waals surface area contributed by atoms with Crippen LogP contribution in [0.25, 0.3) is 11.3 Å². The van der Waals surface area contributed by atoms with Gasteiger partial charge in [-0.25, -0.2) is 0 Å². The number of aryl methyl sites for hydroxylation is 2. The second kappa shape index (κ2) is 5.63. The van der Waals surface area contributed by atoms with Gasteiger partial charge in [0, 0.05) is 31.4 Å². The monoisotopic (exact) mass is 271 g/mol. The van der Waals surface area contributed by atoms with Gasteiger partial charge < -0.3 is 10.6 Å². The van der Waals surface area contributed by atoms with Crippen LogP contribution in [-0.2, 0) is 13.0 Å². The highest BCUT2D eigenvalue weighted by molar-refractivity contribution is 5.66. The highest BCUT2D eigenvalue weighted by Gasteiger charge is 2.15. The van der Waals surface area contributed by atoms with Crippen LogP contribution in [0.3, 0.4) is 0 Å². The first-order valence-electron chi connectivity index (χ1n) is 7.22. The van der Waals surface area contributed by atoms with Gasteiger partial charge in [-0.15, -0.1) is 5.10 Å². The van der Waals surface area contributed by atoms with Crippen LogP contribution < -0.4 is 10.6 Å². The van der Waals surface area contributed by atoms with E-state index < -0.39 is 0 Å². The maximum Gasteiger partial charge on any atom is 0.113 e. The second-order valence-electron chi connectivity index (χ2n) is 5.38. The van der Waals surface area contributed by atoms with Gasteiger partial charge in [0.05, 0.1) is 6.20 Å². The van der Waals surface area contributed by atoms with E-state index >= 15 is 0 Å². The van der Waals surface area contributed by atoms with Crippen LogP contribution >= 0.6 is 0 Å². The molecule has 1 aromatic heterocycles. The predicted molar refractivity (Wildman–Crippen MR) is 80.7 cm³/mol. The lowest BCUT2D eigenvalue weighted by atomic mass is 9.99. The molecule has 2 heterocycles. The van der Waals surface area contributed by atoms with Gasteiger partial charge in [-0.05, 0) is 43.5 Å². The zero-order chi connectivity index (χ0) is 13.9. The third-order valence-electron chi connectivity index (χ3n) is 3.86. The van der Waals surface area contributed by atoms with E-state index in [9.17, 15) is 0 Å². The van der Waals surface area contributed by atoms with Crippen LogP contribution in [0.15, 0.2) is 24.4 Å². The highest BCUT2D eigenvalue weighted by Crippen LogP contribution is 2.29. The van der Waals surface area contributed by atoms with Crippen molar-refractivity contribution >= 4 is 5.69 Å². The largest absolute Gasteiger partial charge is 0.374 e. The summed E-state index contributed by atoms with van der Waals surface area (Å²) in [6.07, 6.45) is 5.30. The number of nitrogens with zero attached hydrogens (tertiary/aromatic N) is 4. The third kappa shape index (κ3) is 2.54. The lowest BCUT2D eigenvalue weighted by Gasteiger charge is -2.27. The van der Waals surface area contributed by atoms with Crippen LogP contribution in [0.4, 0.5) is 5.69 Å². The molecule has 0 fully saturated rings. The van der Waals surface area contributed by atoms with Crippen LogP contribution in [0, 0.1) is 0 Å². The quantitative estimate of drug-likeness (QED) is 0.919. The number of benzene rings is 1. The number of aromatic nitrogens is 3. The minimum atomic E-state index is 0.681. The van der Waals surface area contributed by atoms with Crippen molar-refractivity contribution in [2.24, 2.45) is 5.73 Å². The highest BCUT2D eigenvalue weighted by atomic mass is 15.4. The van der Waals surface area contributed by atoms with Crippen molar-refractivity contribution in [1.29, 1.82) is 0 Å². The van der Waals surface area contributed by atoms with Crippen LogP contribution in [0.1, 0.15) is 18.4 Å². The number of nitrogens with two attached hydrogens (primary N) is 1. The first kappa shape index (κ1) is 13.1. The maximum atomic E-state index is 5.52. The molecular formula is C15H21N5. The predicted octanol–water partition coefficient (Wildman–Crippen LogP) is 1.68. The standard InChI is InChI=1S/C15H21N5/c1-19-8-2-4-13-10-12(5-6-15(13)19)14-11-20(18-17-14)9-3-7-16/h5-6,10-11H,2-4,7-9,16H2,1H3. The van der Waals surface area contributed by atoms with Crippen molar-refractivity contribution in [3.8, 4) is 11.3 Å². The lowest BCUT2D eigenvalue weighted by Crippen LogP contribution is -2.24. The Morgan fingerprint density at radius 1 is 1.35 bits per heavy atom. The molecule has 0 saturated heterocycles. The van der Waals surface area contributed by atoms with Crippen molar-refractivity contribution < 1.29 is 0 Å². The normalized spacial score (nSPS) is 14.4. The van der Waals surface area contributed by atoms with Gasteiger partial charge in [0.1, 0.15) is 5.69 Å². The fourth-order valence-corrected chi connectivity index (χ4v) is 2.74. The first-order valence-corrected chi connectivity index (χ1v) is 7.22. The Bertz CT molecular complexity index is 590. The summed E-state index contributed by atoms with van der Waals surface area (Å²) in [6.45, 7) is 2.65. The zero-order valence-corrected chi connectivity index (χ0v) is 11.9. The Labute approximate surface area is 119 Å². The molecule has 0 spiro atoms. The molecule has 0 radical (unpaired) electrons. The van der Waals surface area contributed by atoms with Crippen LogP contribution in [0.5, 0.6) is 0 Å². The molecule has 2 aromatic rings. The number of rotatable bonds is 4. The average molecular weight is 271 g/mol. The molecule has 3 rings (SSSR count). The number of fused-ring (bicyclic) bond motifs is 1. The van der Waals surface area contributed by atoms with E-state index in [1.807, 2.05) is 10.9 Å². The molecule has 0 atom stereocenters. The van der Waals surface area contributed by atoms with Crippen molar-refractivity contribution in [3.63, 3.8) is 0 Å². The van der Waals surface area contributed by atoms with Gasteiger partial charge in [-0.3, -0.25) is 4.68 Å².